The molecule has 0 bridgehead atoms. The SMILES string of the molecule is Cc1ccc(-n2c(C)cc3c2CCCC3N)nc1. The molecule has 0 spiro atoms. The van der Waals surface area contributed by atoms with Gasteiger partial charge in [0.2, 0.25) is 0 Å². The van der Waals surface area contributed by atoms with Crippen LogP contribution in [0.25, 0.3) is 5.82 Å². The highest BCUT2D eigenvalue weighted by molar-refractivity contribution is 5.40. The van der Waals surface area contributed by atoms with E-state index < -0.39 is 0 Å². The minimum Gasteiger partial charge on any atom is -0.324 e. The predicted molar refractivity (Wildman–Crippen MR) is 72.9 cm³/mol. The second kappa shape index (κ2) is 4.25. The Kier molecular flexibility index (Phi) is 2.71. The lowest BCUT2D eigenvalue weighted by atomic mass is 9.93. The Morgan fingerprint density at radius 2 is 2.17 bits per heavy atom. The van der Waals surface area contributed by atoms with E-state index in [4.69, 9.17) is 5.73 Å². The van der Waals surface area contributed by atoms with Gasteiger partial charge in [-0.2, -0.15) is 0 Å². The molecule has 94 valence electrons. The van der Waals surface area contributed by atoms with Gasteiger partial charge < -0.3 is 10.3 Å². The summed E-state index contributed by atoms with van der Waals surface area (Å²) in [4.78, 5) is 4.54. The summed E-state index contributed by atoms with van der Waals surface area (Å²) in [6.07, 6.45) is 5.29. The molecule has 0 aromatic carbocycles. The van der Waals surface area contributed by atoms with E-state index in [0.717, 1.165) is 18.7 Å². The maximum Gasteiger partial charge on any atom is 0.136 e. The first kappa shape index (κ1) is 11.5. The molecule has 2 aromatic rings. The van der Waals surface area contributed by atoms with Crippen molar-refractivity contribution in [2.45, 2.75) is 39.2 Å². The molecular weight excluding hydrogens is 222 g/mol. The first-order chi connectivity index (χ1) is 8.66. The molecule has 0 radical (unpaired) electrons. The van der Waals surface area contributed by atoms with Crippen molar-refractivity contribution in [3.05, 3.63) is 46.9 Å². The van der Waals surface area contributed by atoms with Crippen LogP contribution in [0.1, 0.15) is 41.4 Å². The number of hydrogen-bond donors (Lipinski definition) is 1. The van der Waals surface area contributed by atoms with E-state index >= 15 is 0 Å². The first-order valence-electron chi connectivity index (χ1n) is 6.56. The topological polar surface area (TPSA) is 43.8 Å². The molecule has 1 unspecified atom stereocenters. The van der Waals surface area contributed by atoms with E-state index in [0.29, 0.717) is 0 Å². The Hall–Kier alpha value is -1.61. The highest BCUT2D eigenvalue weighted by atomic mass is 15.1. The predicted octanol–water partition coefficient (Wildman–Crippen LogP) is 2.83. The van der Waals surface area contributed by atoms with Crippen molar-refractivity contribution >= 4 is 0 Å². The number of fused-ring (bicyclic) bond motifs is 1. The highest BCUT2D eigenvalue weighted by Gasteiger charge is 2.22. The van der Waals surface area contributed by atoms with Gasteiger partial charge in [-0.25, -0.2) is 4.98 Å². The van der Waals surface area contributed by atoms with E-state index in [2.05, 4.69) is 41.6 Å². The Morgan fingerprint density at radius 3 is 2.89 bits per heavy atom. The van der Waals surface area contributed by atoms with Crippen LogP contribution in [0.4, 0.5) is 0 Å². The minimum atomic E-state index is 0.194. The molecule has 3 nitrogen and oxygen atoms in total. The molecule has 3 rings (SSSR count). The molecule has 0 aliphatic heterocycles. The lowest BCUT2D eigenvalue weighted by Crippen LogP contribution is -2.18. The summed E-state index contributed by atoms with van der Waals surface area (Å²) in [6, 6.07) is 6.61. The Bertz CT molecular complexity index is 566. The third kappa shape index (κ3) is 1.75. The van der Waals surface area contributed by atoms with Crippen molar-refractivity contribution in [2.75, 3.05) is 0 Å². The fraction of sp³-hybridized carbons (Fsp3) is 0.400. The van der Waals surface area contributed by atoms with Gasteiger partial charge in [0, 0.05) is 23.6 Å². The molecule has 1 aliphatic rings. The van der Waals surface area contributed by atoms with Crippen molar-refractivity contribution in [3.63, 3.8) is 0 Å². The summed E-state index contributed by atoms with van der Waals surface area (Å²) in [5, 5.41) is 0. The van der Waals surface area contributed by atoms with Crippen LogP contribution in [0, 0.1) is 13.8 Å². The fourth-order valence-electron chi connectivity index (χ4n) is 2.85. The molecule has 2 aromatic heterocycles. The van der Waals surface area contributed by atoms with E-state index in [1.807, 2.05) is 6.20 Å². The van der Waals surface area contributed by atoms with E-state index in [1.165, 1.54) is 28.9 Å². The van der Waals surface area contributed by atoms with Gasteiger partial charge >= 0.3 is 0 Å². The lowest BCUT2D eigenvalue weighted by Gasteiger charge is -2.20. The summed E-state index contributed by atoms with van der Waals surface area (Å²) >= 11 is 0. The number of nitrogens with zero attached hydrogens (tertiary/aromatic N) is 2. The molecule has 0 saturated heterocycles. The molecule has 0 amide bonds. The van der Waals surface area contributed by atoms with Gasteiger partial charge in [-0.15, -0.1) is 0 Å². The normalized spacial score (nSPS) is 18.7. The van der Waals surface area contributed by atoms with Gasteiger partial charge in [-0.05, 0) is 56.4 Å². The Morgan fingerprint density at radius 1 is 1.33 bits per heavy atom. The van der Waals surface area contributed by atoms with Crippen LogP contribution < -0.4 is 5.73 Å². The van der Waals surface area contributed by atoms with Crippen molar-refractivity contribution in [2.24, 2.45) is 5.73 Å². The van der Waals surface area contributed by atoms with E-state index in [9.17, 15) is 0 Å². The van der Waals surface area contributed by atoms with Crippen molar-refractivity contribution in [1.82, 2.24) is 9.55 Å². The van der Waals surface area contributed by atoms with Gasteiger partial charge in [-0.1, -0.05) is 6.07 Å². The minimum absolute atomic E-state index is 0.194. The third-order valence-corrected chi connectivity index (χ3v) is 3.77. The summed E-state index contributed by atoms with van der Waals surface area (Å²) in [5.74, 6) is 1.01. The monoisotopic (exact) mass is 241 g/mol. The molecule has 3 heteroatoms. The summed E-state index contributed by atoms with van der Waals surface area (Å²) < 4.78 is 2.26. The van der Waals surface area contributed by atoms with Crippen LogP contribution in [-0.4, -0.2) is 9.55 Å². The Balaban J connectivity index is 2.15. The van der Waals surface area contributed by atoms with Crippen molar-refractivity contribution in [1.29, 1.82) is 0 Å². The van der Waals surface area contributed by atoms with Crippen LogP contribution in [0.2, 0.25) is 0 Å². The number of nitrogens with two attached hydrogens (primary N) is 1. The van der Waals surface area contributed by atoms with Gasteiger partial charge in [-0.3, -0.25) is 0 Å². The quantitative estimate of drug-likeness (QED) is 0.834. The molecule has 2 N–H and O–H groups in total. The molecule has 0 fully saturated rings. The van der Waals surface area contributed by atoms with E-state index in [-0.39, 0.29) is 6.04 Å². The van der Waals surface area contributed by atoms with Crippen LogP contribution in [0.15, 0.2) is 24.4 Å². The number of hydrogen-bond acceptors (Lipinski definition) is 2. The van der Waals surface area contributed by atoms with Gasteiger partial charge in [0.15, 0.2) is 0 Å². The average molecular weight is 241 g/mol. The van der Waals surface area contributed by atoms with E-state index in [1.54, 1.807) is 0 Å². The van der Waals surface area contributed by atoms with Crippen LogP contribution in [0.3, 0.4) is 0 Å². The lowest BCUT2D eigenvalue weighted by molar-refractivity contribution is 0.559. The standard InChI is InChI=1S/C15H19N3/c1-10-6-7-15(17-9-10)18-11(2)8-12-13(16)4-3-5-14(12)18/h6-9,13H,3-5,16H2,1-2H3. The highest BCUT2D eigenvalue weighted by Crippen LogP contribution is 2.32. The van der Waals surface area contributed by atoms with Gasteiger partial charge in [0.25, 0.3) is 0 Å². The summed E-state index contributed by atoms with van der Waals surface area (Å²) in [5.41, 5.74) is 11.3. The zero-order valence-electron chi connectivity index (χ0n) is 11.0. The van der Waals surface area contributed by atoms with Gasteiger partial charge in [0.1, 0.15) is 5.82 Å². The fourth-order valence-corrected chi connectivity index (χ4v) is 2.85. The maximum atomic E-state index is 6.20. The number of pyridine rings is 1. The maximum absolute atomic E-state index is 6.20. The smallest absolute Gasteiger partial charge is 0.136 e. The largest absolute Gasteiger partial charge is 0.324 e. The van der Waals surface area contributed by atoms with Crippen LogP contribution in [-0.2, 0) is 6.42 Å². The number of aromatic nitrogens is 2. The van der Waals surface area contributed by atoms with Crippen molar-refractivity contribution < 1.29 is 0 Å². The number of rotatable bonds is 1. The number of aryl methyl sites for hydroxylation is 2. The van der Waals surface area contributed by atoms with Crippen LogP contribution >= 0.6 is 0 Å². The van der Waals surface area contributed by atoms with Crippen LogP contribution in [0.5, 0.6) is 0 Å². The van der Waals surface area contributed by atoms with Crippen molar-refractivity contribution in [3.8, 4) is 5.82 Å². The zero-order valence-corrected chi connectivity index (χ0v) is 11.0. The van der Waals surface area contributed by atoms with Gasteiger partial charge in [0.05, 0.1) is 0 Å². The first-order valence-corrected chi connectivity index (χ1v) is 6.56. The average Bonchev–Trinajstić information content (AvgIpc) is 2.69. The molecule has 18 heavy (non-hydrogen) atoms. The second-order valence-corrected chi connectivity index (χ2v) is 5.22. The molecular formula is C15H19N3. The molecule has 1 atom stereocenters. The Labute approximate surface area is 108 Å². The summed E-state index contributed by atoms with van der Waals surface area (Å²) in [7, 11) is 0. The summed E-state index contributed by atoms with van der Waals surface area (Å²) in [6.45, 7) is 4.19. The molecule has 2 heterocycles. The third-order valence-electron chi connectivity index (χ3n) is 3.77. The zero-order chi connectivity index (χ0) is 12.7. The second-order valence-electron chi connectivity index (χ2n) is 5.22. The molecule has 1 aliphatic carbocycles. The molecule has 0 saturated carbocycles.